The van der Waals surface area contributed by atoms with E-state index in [0.29, 0.717) is 19.8 Å². The summed E-state index contributed by atoms with van der Waals surface area (Å²) in [5.74, 6) is 0. The molecule has 0 aromatic carbocycles. The highest BCUT2D eigenvalue weighted by molar-refractivity contribution is 4.84. The van der Waals surface area contributed by atoms with E-state index >= 15 is 0 Å². The molecule has 0 spiro atoms. The van der Waals surface area contributed by atoms with Gasteiger partial charge in [-0.15, -0.1) is 0 Å². The Kier molecular flexibility index (Phi) is 22.4. The maximum atomic E-state index is 8.86. The molecular weight excluding hydrogens is 362 g/mol. The van der Waals surface area contributed by atoms with Crippen LogP contribution in [-0.2, 0) is 0 Å². The van der Waals surface area contributed by atoms with Gasteiger partial charge in [-0.05, 0) is 38.5 Å². The first-order valence-electron chi connectivity index (χ1n) is 12.8. The van der Waals surface area contributed by atoms with Crippen molar-refractivity contribution < 1.29 is 15.3 Å². The Morgan fingerprint density at radius 3 is 0.793 bits per heavy atom. The van der Waals surface area contributed by atoms with E-state index in [0.717, 1.165) is 57.8 Å². The number of hydrogen-bond acceptors (Lipinski definition) is 4. The molecule has 0 fully saturated rings. The summed E-state index contributed by atoms with van der Waals surface area (Å²) >= 11 is 0. The lowest BCUT2D eigenvalue weighted by molar-refractivity contribution is 0.279. The molecule has 0 aromatic rings. The van der Waals surface area contributed by atoms with Gasteiger partial charge in [-0.2, -0.15) is 0 Å². The lowest BCUT2D eigenvalue weighted by Gasteiger charge is -2.30. The van der Waals surface area contributed by atoms with Crippen molar-refractivity contribution in [3.05, 3.63) is 0 Å². The Labute approximate surface area is 181 Å². The zero-order chi connectivity index (χ0) is 21.5. The van der Waals surface area contributed by atoms with E-state index in [4.69, 9.17) is 21.1 Å². The van der Waals surface area contributed by atoms with Crippen LogP contribution in [-0.4, -0.2) is 40.7 Å². The van der Waals surface area contributed by atoms with Gasteiger partial charge in [-0.3, -0.25) is 0 Å². The molecule has 0 radical (unpaired) electrons. The van der Waals surface area contributed by atoms with Gasteiger partial charge >= 0.3 is 0 Å². The van der Waals surface area contributed by atoms with Gasteiger partial charge in [-0.1, -0.05) is 96.3 Å². The molecule has 0 bridgehead atoms. The fraction of sp³-hybridized carbons (Fsp3) is 1.00. The van der Waals surface area contributed by atoms with Gasteiger partial charge in [0, 0.05) is 25.4 Å². The molecular formula is C25H53NO3. The molecule has 4 nitrogen and oxygen atoms in total. The average molecular weight is 416 g/mol. The summed E-state index contributed by atoms with van der Waals surface area (Å²) in [5.41, 5.74) is 6.90. The lowest BCUT2D eigenvalue weighted by Crippen LogP contribution is -2.39. The number of aliphatic hydroxyl groups is 3. The summed E-state index contributed by atoms with van der Waals surface area (Å²) in [7, 11) is 0. The van der Waals surface area contributed by atoms with E-state index in [9.17, 15) is 0 Å². The molecule has 0 unspecified atom stereocenters. The molecule has 0 amide bonds. The summed E-state index contributed by atoms with van der Waals surface area (Å²) in [6.45, 7) is 0.976. The van der Waals surface area contributed by atoms with Crippen LogP contribution in [0.4, 0.5) is 0 Å². The predicted octanol–water partition coefficient (Wildman–Crippen LogP) is 5.85. The van der Waals surface area contributed by atoms with Gasteiger partial charge in [0.25, 0.3) is 0 Å². The third-order valence-electron chi connectivity index (χ3n) is 6.25. The third-order valence-corrected chi connectivity index (χ3v) is 6.25. The number of nitrogens with two attached hydrogens (primary N) is 1. The minimum atomic E-state index is 0.0152. The van der Waals surface area contributed by atoms with Crippen LogP contribution in [0, 0.1) is 0 Å². The van der Waals surface area contributed by atoms with Crippen molar-refractivity contribution in [3.8, 4) is 0 Å². The van der Waals surface area contributed by atoms with E-state index in [1.54, 1.807) is 0 Å². The minimum absolute atomic E-state index is 0.0152. The Hall–Kier alpha value is -0.160. The summed E-state index contributed by atoms with van der Waals surface area (Å²) in [6.07, 6.45) is 24.8. The van der Waals surface area contributed by atoms with Crippen LogP contribution < -0.4 is 5.73 Å². The van der Waals surface area contributed by atoms with E-state index in [1.165, 1.54) is 77.0 Å². The monoisotopic (exact) mass is 415 g/mol. The van der Waals surface area contributed by atoms with Crippen molar-refractivity contribution in [2.75, 3.05) is 19.8 Å². The molecule has 0 aromatic heterocycles. The molecule has 0 rings (SSSR count). The number of unbranched alkanes of at least 4 members (excludes halogenated alkanes) is 15. The Morgan fingerprint density at radius 2 is 0.552 bits per heavy atom. The Bertz CT molecular complexity index is 267. The maximum Gasteiger partial charge on any atom is 0.0431 e. The van der Waals surface area contributed by atoms with Gasteiger partial charge in [0.15, 0.2) is 0 Å². The van der Waals surface area contributed by atoms with Gasteiger partial charge < -0.3 is 21.1 Å². The quantitative estimate of drug-likeness (QED) is 0.149. The van der Waals surface area contributed by atoms with Crippen LogP contribution in [0.25, 0.3) is 0 Å². The van der Waals surface area contributed by atoms with Crippen LogP contribution in [0.1, 0.15) is 135 Å². The topological polar surface area (TPSA) is 86.7 Å². The number of rotatable bonds is 24. The van der Waals surface area contributed by atoms with Crippen molar-refractivity contribution >= 4 is 0 Å². The van der Waals surface area contributed by atoms with E-state index < -0.39 is 0 Å². The molecule has 0 atom stereocenters. The zero-order valence-electron chi connectivity index (χ0n) is 19.4. The molecule has 0 aliphatic rings. The summed E-state index contributed by atoms with van der Waals surface area (Å²) < 4.78 is 0. The van der Waals surface area contributed by atoms with Crippen molar-refractivity contribution in [1.82, 2.24) is 0 Å². The largest absolute Gasteiger partial charge is 0.396 e. The van der Waals surface area contributed by atoms with E-state index in [-0.39, 0.29) is 5.54 Å². The lowest BCUT2D eigenvalue weighted by atomic mass is 9.82. The van der Waals surface area contributed by atoms with E-state index in [1.807, 2.05) is 0 Å². The number of hydrogen-bond donors (Lipinski definition) is 4. The maximum absolute atomic E-state index is 8.86. The standard InChI is InChI=1S/C25H53NO3/c26-25(19-13-7-1-4-10-16-22-27,20-14-8-2-5-11-17-23-28)21-15-9-3-6-12-18-24-29/h27-29H,1-24,26H2. The van der Waals surface area contributed by atoms with Gasteiger partial charge in [0.2, 0.25) is 0 Å². The fourth-order valence-corrected chi connectivity index (χ4v) is 4.26. The van der Waals surface area contributed by atoms with E-state index in [2.05, 4.69) is 0 Å². The second-order valence-corrected chi connectivity index (χ2v) is 9.15. The number of aliphatic hydroxyl groups excluding tert-OH is 3. The summed E-state index contributed by atoms with van der Waals surface area (Å²) in [6, 6.07) is 0. The fourth-order valence-electron chi connectivity index (χ4n) is 4.26. The molecule has 5 N–H and O–H groups in total. The molecule has 0 aliphatic heterocycles. The Balaban J connectivity index is 4.03. The minimum Gasteiger partial charge on any atom is -0.396 e. The van der Waals surface area contributed by atoms with Crippen LogP contribution in [0.2, 0.25) is 0 Å². The normalized spacial score (nSPS) is 12.0. The molecule has 176 valence electrons. The van der Waals surface area contributed by atoms with Crippen molar-refractivity contribution in [1.29, 1.82) is 0 Å². The first kappa shape index (κ1) is 28.8. The molecule has 0 saturated heterocycles. The molecule has 29 heavy (non-hydrogen) atoms. The van der Waals surface area contributed by atoms with Gasteiger partial charge in [0.1, 0.15) is 0 Å². The van der Waals surface area contributed by atoms with Crippen LogP contribution in [0.15, 0.2) is 0 Å². The smallest absolute Gasteiger partial charge is 0.0431 e. The van der Waals surface area contributed by atoms with Gasteiger partial charge in [0.05, 0.1) is 0 Å². The van der Waals surface area contributed by atoms with Crippen LogP contribution >= 0.6 is 0 Å². The summed E-state index contributed by atoms with van der Waals surface area (Å²) in [4.78, 5) is 0. The second kappa shape index (κ2) is 22.5. The highest BCUT2D eigenvalue weighted by atomic mass is 16.3. The van der Waals surface area contributed by atoms with Gasteiger partial charge in [-0.25, -0.2) is 0 Å². The highest BCUT2D eigenvalue weighted by Crippen LogP contribution is 2.27. The van der Waals surface area contributed by atoms with Crippen molar-refractivity contribution in [3.63, 3.8) is 0 Å². The van der Waals surface area contributed by atoms with Crippen molar-refractivity contribution in [2.24, 2.45) is 5.73 Å². The van der Waals surface area contributed by atoms with Crippen LogP contribution in [0.3, 0.4) is 0 Å². The summed E-state index contributed by atoms with van der Waals surface area (Å²) in [5, 5.41) is 26.6. The Morgan fingerprint density at radius 1 is 0.345 bits per heavy atom. The second-order valence-electron chi connectivity index (χ2n) is 9.15. The predicted molar refractivity (Wildman–Crippen MR) is 125 cm³/mol. The zero-order valence-corrected chi connectivity index (χ0v) is 19.4. The highest BCUT2D eigenvalue weighted by Gasteiger charge is 2.23. The third kappa shape index (κ3) is 20.9. The SMILES string of the molecule is NC(CCCCCCCCO)(CCCCCCCCO)CCCCCCCCO. The first-order chi connectivity index (χ1) is 14.2. The molecule has 0 saturated carbocycles. The van der Waals surface area contributed by atoms with Crippen molar-refractivity contribution in [2.45, 2.75) is 140 Å². The molecule has 4 heteroatoms. The van der Waals surface area contributed by atoms with Crippen LogP contribution in [0.5, 0.6) is 0 Å². The average Bonchev–Trinajstić information content (AvgIpc) is 2.72. The first-order valence-corrected chi connectivity index (χ1v) is 12.8. The molecule has 0 aliphatic carbocycles. The molecule has 0 heterocycles.